The molecular formula is C14H20N2O4S. The summed E-state index contributed by atoms with van der Waals surface area (Å²) in [7, 11) is -1.68. The van der Waals surface area contributed by atoms with Gasteiger partial charge in [-0.25, -0.2) is 13.1 Å². The van der Waals surface area contributed by atoms with Crippen molar-refractivity contribution in [2.45, 2.75) is 30.7 Å². The highest BCUT2D eigenvalue weighted by Crippen LogP contribution is 2.23. The van der Waals surface area contributed by atoms with Crippen LogP contribution in [0, 0.1) is 0 Å². The lowest BCUT2D eigenvalue weighted by molar-refractivity contribution is -0.141. The molecular weight excluding hydrogens is 292 g/mol. The first kappa shape index (κ1) is 15.8. The van der Waals surface area contributed by atoms with Crippen molar-refractivity contribution < 1.29 is 17.9 Å². The van der Waals surface area contributed by atoms with Gasteiger partial charge in [0.25, 0.3) is 0 Å². The summed E-state index contributed by atoms with van der Waals surface area (Å²) in [6, 6.07) is 6.53. The molecule has 0 saturated heterocycles. The van der Waals surface area contributed by atoms with E-state index in [4.69, 9.17) is 4.74 Å². The third-order valence-electron chi connectivity index (χ3n) is 3.16. The van der Waals surface area contributed by atoms with Crippen LogP contribution in [0.1, 0.15) is 19.8 Å². The lowest BCUT2D eigenvalue weighted by Crippen LogP contribution is -2.27. The van der Waals surface area contributed by atoms with Crippen LogP contribution in [0.5, 0.6) is 0 Å². The van der Waals surface area contributed by atoms with Crippen molar-refractivity contribution in [3.63, 3.8) is 0 Å². The SMILES string of the molecule is CCOC(=O)CN(C)c1ccc(S(=O)(=O)NC2CC2)cc1. The van der Waals surface area contributed by atoms with Gasteiger partial charge >= 0.3 is 5.97 Å². The van der Waals surface area contributed by atoms with E-state index in [2.05, 4.69) is 4.72 Å². The minimum absolute atomic E-state index is 0.0844. The Morgan fingerprint density at radius 2 is 1.95 bits per heavy atom. The predicted molar refractivity (Wildman–Crippen MR) is 79.7 cm³/mol. The third kappa shape index (κ3) is 4.44. The molecule has 0 atom stereocenters. The average Bonchev–Trinajstić information content (AvgIpc) is 3.22. The highest BCUT2D eigenvalue weighted by molar-refractivity contribution is 7.89. The zero-order chi connectivity index (χ0) is 15.5. The molecule has 1 N–H and O–H groups in total. The van der Waals surface area contributed by atoms with Crippen LogP contribution in [0.4, 0.5) is 5.69 Å². The molecule has 1 aliphatic carbocycles. The van der Waals surface area contributed by atoms with Crippen LogP contribution in [0.3, 0.4) is 0 Å². The van der Waals surface area contributed by atoms with Gasteiger partial charge in [0.1, 0.15) is 6.54 Å². The predicted octanol–water partition coefficient (Wildman–Crippen LogP) is 1.13. The highest BCUT2D eigenvalue weighted by atomic mass is 32.2. The molecule has 1 aliphatic rings. The van der Waals surface area contributed by atoms with E-state index < -0.39 is 10.0 Å². The minimum atomic E-state index is -3.43. The van der Waals surface area contributed by atoms with Crippen molar-refractivity contribution in [2.75, 3.05) is 25.1 Å². The molecule has 0 aliphatic heterocycles. The molecule has 0 amide bonds. The molecule has 0 bridgehead atoms. The Kier molecular flexibility index (Phi) is 4.84. The molecule has 1 saturated carbocycles. The summed E-state index contributed by atoms with van der Waals surface area (Å²) in [5, 5.41) is 0. The first-order valence-electron chi connectivity index (χ1n) is 6.91. The van der Waals surface area contributed by atoms with E-state index in [-0.39, 0.29) is 23.5 Å². The quantitative estimate of drug-likeness (QED) is 0.764. The number of anilines is 1. The second-order valence-electron chi connectivity index (χ2n) is 5.05. The Balaban J connectivity index is 2.02. The summed E-state index contributed by atoms with van der Waals surface area (Å²) in [6.45, 7) is 2.22. The Morgan fingerprint density at radius 1 is 1.33 bits per heavy atom. The number of hydrogen-bond acceptors (Lipinski definition) is 5. The van der Waals surface area contributed by atoms with Crippen LogP contribution in [-0.2, 0) is 19.6 Å². The second kappa shape index (κ2) is 6.44. The zero-order valence-electron chi connectivity index (χ0n) is 12.2. The Labute approximate surface area is 125 Å². The maximum absolute atomic E-state index is 12.0. The number of nitrogens with zero attached hydrogens (tertiary/aromatic N) is 1. The maximum atomic E-state index is 12.0. The van der Waals surface area contributed by atoms with Gasteiger partial charge in [0.2, 0.25) is 10.0 Å². The van der Waals surface area contributed by atoms with Gasteiger partial charge in [0, 0.05) is 18.8 Å². The lowest BCUT2D eigenvalue weighted by atomic mass is 10.3. The van der Waals surface area contributed by atoms with Crippen LogP contribution in [0.2, 0.25) is 0 Å². The van der Waals surface area contributed by atoms with Crippen molar-refractivity contribution in [1.82, 2.24) is 4.72 Å². The van der Waals surface area contributed by atoms with Crippen molar-refractivity contribution in [1.29, 1.82) is 0 Å². The number of ether oxygens (including phenoxy) is 1. The van der Waals surface area contributed by atoms with E-state index in [1.165, 1.54) is 0 Å². The Morgan fingerprint density at radius 3 is 2.48 bits per heavy atom. The fraction of sp³-hybridized carbons (Fsp3) is 0.500. The maximum Gasteiger partial charge on any atom is 0.325 e. The average molecular weight is 312 g/mol. The summed E-state index contributed by atoms with van der Waals surface area (Å²) in [6.07, 6.45) is 1.80. The fourth-order valence-corrected chi connectivity index (χ4v) is 3.16. The van der Waals surface area contributed by atoms with Crippen LogP contribution < -0.4 is 9.62 Å². The Bertz CT molecular complexity index is 594. The molecule has 2 rings (SSSR count). The Hall–Kier alpha value is -1.60. The van der Waals surface area contributed by atoms with E-state index >= 15 is 0 Å². The molecule has 7 heteroatoms. The van der Waals surface area contributed by atoms with Crippen LogP contribution >= 0.6 is 0 Å². The van der Waals surface area contributed by atoms with E-state index in [9.17, 15) is 13.2 Å². The van der Waals surface area contributed by atoms with Gasteiger partial charge in [-0.15, -0.1) is 0 Å². The standard InChI is InChI=1S/C14H20N2O4S/c1-3-20-14(17)10-16(2)12-6-8-13(9-7-12)21(18,19)15-11-4-5-11/h6-9,11,15H,3-5,10H2,1-2H3. The highest BCUT2D eigenvalue weighted by Gasteiger charge is 2.27. The number of rotatable bonds is 7. The molecule has 1 aromatic carbocycles. The number of esters is 1. The van der Waals surface area contributed by atoms with Gasteiger partial charge in [-0.3, -0.25) is 4.79 Å². The third-order valence-corrected chi connectivity index (χ3v) is 4.69. The molecule has 6 nitrogen and oxygen atoms in total. The smallest absolute Gasteiger partial charge is 0.325 e. The number of nitrogens with one attached hydrogen (secondary N) is 1. The number of hydrogen-bond donors (Lipinski definition) is 1. The lowest BCUT2D eigenvalue weighted by Gasteiger charge is -2.18. The minimum Gasteiger partial charge on any atom is -0.465 e. The van der Waals surface area contributed by atoms with Gasteiger partial charge in [0.15, 0.2) is 0 Å². The normalized spacial score (nSPS) is 14.8. The monoisotopic (exact) mass is 312 g/mol. The molecule has 0 unspecified atom stereocenters. The topological polar surface area (TPSA) is 75.7 Å². The van der Waals surface area contributed by atoms with E-state index in [1.54, 1.807) is 43.1 Å². The van der Waals surface area contributed by atoms with E-state index in [0.29, 0.717) is 6.61 Å². The number of carbonyl (C=O) groups is 1. The number of benzene rings is 1. The number of likely N-dealkylation sites (N-methyl/N-ethyl adjacent to an activating group) is 1. The van der Waals surface area contributed by atoms with Crippen LogP contribution in [0.15, 0.2) is 29.2 Å². The zero-order valence-corrected chi connectivity index (χ0v) is 13.0. The summed E-state index contributed by atoms with van der Waals surface area (Å²) >= 11 is 0. The summed E-state index contributed by atoms with van der Waals surface area (Å²) < 4.78 is 31.6. The molecule has 1 aromatic rings. The molecule has 116 valence electrons. The number of carbonyl (C=O) groups excluding carboxylic acids is 1. The molecule has 0 heterocycles. The molecule has 0 aromatic heterocycles. The first-order valence-corrected chi connectivity index (χ1v) is 8.40. The van der Waals surface area contributed by atoms with Crippen LogP contribution in [0.25, 0.3) is 0 Å². The molecule has 0 radical (unpaired) electrons. The van der Waals surface area contributed by atoms with E-state index in [0.717, 1.165) is 18.5 Å². The van der Waals surface area contributed by atoms with Gasteiger partial charge in [-0.2, -0.15) is 0 Å². The first-order chi connectivity index (χ1) is 9.92. The fourth-order valence-electron chi connectivity index (χ4n) is 1.86. The van der Waals surface area contributed by atoms with Crippen molar-refractivity contribution in [3.8, 4) is 0 Å². The van der Waals surface area contributed by atoms with E-state index in [1.807, 2.05) is 0 Å². The van der Waals surface area contributed by atoms with Gasteiger partial charge in [0.05, 0.1) is 11.5 Å². The summed E-state index contributed by atoms with van der Waals surface area (Å²) in [5.74, 6) is -0.313. The van der Waals surface area contributed by atoms with Crippen molar-refractivity contribution in [2.24, 2.45) is 0 Å². The summed E-state index contributed by atoms with van der Waals surface area (Å²) in [4.78, 5) is 13.4. The van der Waals surface area contributed by atoms with Crippen LogP contribution in [-0.4, -0.2) is 40.6 Å². The largest absolute Gasteiger partial charge is 0.465 e. The summed E-state index contributed by atoms with van der Waals surface area (Å²) in [5.41, 5.74) is 0.758. The molecule has 1 fully saturated rings. The second-order valence-corrected chi connectivity index (χ2v) is 6.76. The molecule has 21 heavy (non-hydrogen) atoms. The van der Waals surface area contributed by atoms with Gasteiger partial charge < -0.3 is 9.64 Å². The van der Waals surface area contributed by atoms with Gasteiger partial charge in [-0.1, -0.05) is 0 Å². The molecule has 0 spiro atoms. The van der Waals surface area contributed by atoms with Crippen molar-refractivity contribution in [3.05, 3.63) is 24.3 Å². The van der Waals surface area contributed by atoms with Crippen molar-refractivity contribution >= 4 is 21.7 Å². The number of sulfonamides is 1. The van der Waals surface area contributed by atoms with Gasteiger partial charge in [-0.05, 0) is 44.0 Å².